The van der Waals surface area contributed by atoms with Gasteiger partial charge in [-0.2, -0.15) is 0 Å². The zero-order valence-corrected chi connectivity index (χ0v) is 15.4. The van der Waals surface area contributed by atoms with Crippen molar-refractivity contribution in [3.05, 3.63) is 48.2 Å². The van der Waals surface area contributed by atoms with E-state index in [-0.39, 0.29) is 11.9 Å². The normalized spacial score (nSPS) is 15.3. The third-order valence-electron chi connectivity index (χ3n) is 4.49. The van der Waals surface area contributed by atoms with Crippen molar-refractivity contribution in [1.29, 1.82) is 0 Å². The number of rotatable bonds is 5. The number of pyridine rings is 1. The molecule has 1 aromatic carbocycles. The van der Waals surface area contributed by atoms with Gasteiger partial charge in [-0.25, -0.2) is 4.98 Å². The molecule has 1 aliphatic rings. The molecule has 1 saturated heterocycles. The van der Waals surface area contributed by atoms with Gasteiger partial charge in [-0.15, -0.1) is 0 Å². The summed E-state index contributed by atoms with van der Waals surface area (Å²) in [5, 5.41) is 0. The third kappa shape index (κ3) is 4.52. The van der Waals surface area contributed by atoms with Gasteiger partial charge < -0.3 is 15.4 Å². The average molecular weight is 354 g/mol. The minimum Gasteiger partial charge on any atom is -0.422 e. The second-order valence-electron chi connectivity index (χ2n) is 6.91. The molecule has 0 amide bonds. The molecular weight excluding hydrogens is 328 g/mol. The van der Waals surface area contributed by atoms with E-state index in [4.69, 9.17) is 10.5 Å². The van der Waals surface area contributed by atoms with Crippen molar-refractivity contribution in [3.8, 4) is 5.75 Å². The number of anilines is 2. The van der Waals surface area contributed by atoms with E-state index in [1.165, 1.54) is 5.56 Å². The standard InChI is InChI=1S/C20H26N4O2/c1-15(2)20(25)26-18-4-3-9-22-19(18)24-12-10-23(11-13-24)14-16-5-7-17(21)8-6-16/h3-9,15H,10-14,21H2,1-2H3. The smallest absolute Gasteiger partial charge is 0.313 e. The topological polar surface area (TPSA) is 71.7 Å². The fourth-order valence-electron chi connectivity index (χ4n) is 2.92. The van der Waals surface area contributed by atoms with E-state index in [9.17, 15) is 4.79 Å². The van der Waals surface area contributed by atoms with Crippen LogP contribution in [-0.4, -0.2) is 42.0 Å². The van der Waals surface area contributed by atoms with Crippen LogP contribution in [0.2, 0.25) is 0 Å². The lowest BCUT2D eigenvalue weighted by molar-refractivity contribution is -0.137. The molecule has 6 nitrogen and oxygen atoms in total. The molecular formula is C20H26N4O2. The molecule has 0 bridgehead atoms. The lowest BCUT2D eigenvalue weighted by atomic mass is 10.2. The Morgan fingerprint density at radius 3 is 2.50 bits per heavy atom. The summed E-state index contributed by atoms with van der Waals surface area (Å²) in [7, 11) is 0. The van der Waals surface area contributed by atoms with E-state index in [1.807, 2.05) is 32.0 Å². The maximum absolute atomic E-state index is 11.9. The summed E-state index contributed by atoms with van der Waals surface area (Å²) >= 11 is 0. The van der Waals surface area contributed by atoms with Crippen LogP contribution >= 0.6 is 0 Å². The van der Waals surface area contributed by atoms with E-state index >= 15 is 0 Å². The molecule has 1 aliphatic heterocycles. The number of carbonyl (C=O) groups excluding carboxylic acids is 1. The number of esters is 1. The highest BCUT2D eigenvalue weighted by atomic mass is 16.5. The van der Waals surface area contributed by atoms with Crippen molar-refractivity contribution < 1.29 is 9.53 Å². The lowest BCUT2D eigenvalue weighted by Gasteiger charge is -2.35. The second kappa shape index (κ2) is 8.19. The summed E-state index contributed by atoms with van der Waals surface area (Å²) in [6, 6.07) is 11.6. The molecule has 0 spiro atoms. The first-order chi connectivity index (χ1) is 12.5. The van der Waals surface area contributed by atoms with Crippen molar-refractivity contribution in [1.82, 2.24) is 9.88 Å². The summed E-state index contributed by atoms with van der Waals surface area (Å²) in [5.41, 5.74) is 7.80. The van der Waals surface area contributed by atoms with Crippen LogP contribution in [0.15, 0.2) is 42.6 Å². The van der Waals surface area contributed by atoms with Gasteiger partial charge in [0.15, 0.2) is 11.6 Å². The van der Waals surface area contributed by atoms with Crippen LogP contribution in [0.1, 0.15) is 19.4 Å². The average Bonchev–Trinajstić information content (AvgIpc) is 2.65. The zero-order valence-electron chi connectivity index (χ0n) is 15.4. The quantitative estimate of drug-likeness (QED) is 0.657. The minimum absolute atomic E-state index is 0.167. The molecule has 1 fully saturated rings. The maximum Gasteiger partial charge on any atom is 0.313 e. The molecule has 0 unspecified atom stereocenters. The largest absolute Gasteiger partial charge is 0.422 e. The van der Waals surface area contributed by atoms with Gasteiger partial charge in [-0.3, -0.25) is 9.69 Å². The first-order valence-electron chi connectivity index (χ1n) is 9.01. The molecule has 26 heavy (non-hydrogen) atoms. The molecule has 0 aliphatic carbocycles. The van der Waals surface area contributed by atoms with Crippen LogP contribution in [0.25, 0.3) is 0 Å². The number of benzene rings is 1. The Hall–Kier alpha value is -2.60. The van der Waals surface area contributed by atoms with Gasteiger partial charge >= 0.3 is 5.97 Å². The Labute approximate surface area is 154 Å². The number of aromatic nitrogens is 1. The van der Waals surface area contributed by atoms with Crippen molar-refractivity contribution >= 4 is 17.5 Å². The Morgan fingerprint density at radius 1 is 1.15 bits per heavy atom. The fourth-order valence-corrected chi connectivity index (χ4v) is 2.92. The molecule has 2 N–H and O–H groups in total. The number of piperazine rings is 1. The third-order valence-corrected chi connectivity index (χ3v) is 4.49. The number of hydrogen-bond donors (Lipinski definition) is 1. The molecule has 3 rings (SSSR count). The highest BCUT2D eigenvalue weighted by molar-refractivity contribution is 5.76. The zero-order chi connectivity index (χ0) is 18.5. The fraction of sp³-hybridized carbons (Fsp3) is 0.400. The monoisotopic (exact) mass is 354 g/mol. The second-order valence-corrected chi connectivity index (χ2v) is 6.91. The molecule has 138 valence electrons. The molecule has 0 saturated carbocycles. The van der Waals surface area contributed by atoms with Crippen molar-refractivity contribution in [3.63, 3.8) is 0 Å². The molecule has 2 aromatic rings. The van der Waals surface area contributed by atoms with Crippen molar-refractivity contribution in [2.24, 2.45) is 5.92 Å². The van der Waals surface area contributed by atoms with E-state index in [0.717, 1.165) is 44.2 Å². The van der Waals surface area contributed by atoms with E-state index in [2.05, 4.69) is 26.9 Å². The Balaban J connectivity index is 1.61. The summed E-state index contributed by atoms with van der Waals surface area (Å²) in [4.78, 5) is 21.0. The SMILES string of the molecule is CC(C)C(=O)Oc1cccnc1N1CCN(Cc2ccc(N)cc2)CC1. The molecule has 1 aromatic heterocycles. The van der Waals surface area contributed by atoms with Crippen molar-refractivity contribution in [2.45, 2.75) is 20.4 Å². The van der Waals surface area contributed by atoms with E-state index in [1.54, 1.807) is 12.3 Å². The van der Waals surface area contributed by atoms with Gasteiger partial charge in [0.1, 0.15) is 0 Å². The molecule has 0 atom stereocenters. The molecule has 2 heterocycles. The summed E-state index contributed by atoms with van der Waals surface area (Å²) in [5.74, 6) is 0.882. The van der Waals surface area contributed by atoms with E-state index in [0.29, 0.717) is 5.75 Å². The van der Waals surface area contributed by atoms with Gasteiger partial charge in [0, 0.05) is 44.6 Å². The first kappa shape index (κ1) is 18.2. The highest BCUT2D eigenvalue weighted by Gasteiger charge is 2.22. The van der Waals surface area contributed by atoms with Crippen molar-refractivity contribution in [2.75, 3.05) is 36.8 Å². The Morgan fingerprint density at radius 2 is 1.85 bits per heavy atom. The van der Waals surface area contributed by atoms with Crippen LogP contribution < -0.4 is 15.4 Å². The van der Waals surface area contributed by atoms with Gasteiger partial charge in [0.05, 0.1) is 5.92 Å². The van der Waals surface area contributed by atoms with Crippen LogP contribution in [-0.2, 0) is 11.3 Å². The van der Waals surface area contributed by atoms with E-state index < -0.39 is 0 Å². The predicted octanol–water partition coefficient (Wildman–Crippen LogP) is 2.55. The van der Waals surface area contributed by atoms with Crippen LogP contribution in [0.3, 0.4) is 0 Å². The van der Waals surface area contributed by atoms with Crippen LogP contribution in [0, 0.1) is 5.92 Å². The Bertz CT molecular complexity index is 738. The summed E-state index contributed by atoms with van der Waals surface area (Å²) < 4.78 is 5.53. The van der Waals surface area contributed by atoms with Gasteiger partial charge in [0.2, 0.25) is 0 Å². The predicted molar refractivity (Wildman–Crippen MR) is 103 cm³/mol. The minimum atomic E-state index is -0.235. The first-order valence-corrected chi connectivity index (χ1v) is 9.01. The maximum atomic E-state index is 11.9. The van der Waals surface area contributed by atoms with Gasteiger partial charge in [-0.1, -0.05) is 26.0 Å². The Kier molecular flexibility index (Phi) is 5.73. The van der Waals surface area contributed by atoms with Crippen LogP contribution in [0.5, 0.6) is 5.75 Å². The molecule has 0 radical (unpaired) electrons. The molecule has 6 heteroatoms. The number of nitrogens with two attached hydrogens (primary N) is 1. The number of nitrogen functional groups attached to an aromatic ring is 1. The van der Waals surface area contributed by atoms with Gasteiger partial charge in [-0.05, 0) is 29.8 Å². The number of ether oxygens (including phenoxy) is 1. The number of nitrogens with zero attached hydrogens (tertiary/aromatic N) is 3. The summed E-state index contributed by atoms with van der Waals surface area (Å²) in [6.07, 6.45) is 1.74. The van der Waals surface area contributed by atoms with Crippen LogP contribution in [0.4, 0.5) is 11.5 Å². The lowest BCUT2D eigenvalue weighted by Crippen LogP contribution is -2.46. The number of hydrogen-bond acceptors (Lipinski definition) is 6. The number of carbonyl (C=O) groups is 1. The summed E-state index contributed by atoms with van der Waals surface area (Å²) in [6.45, 7) is 8.11. The van der Waals surface area contributed by atoms with Gasteiger partial charge in [0.25, 0.3) is 0 Å². The highest BCUT2D eigenvalue weighted by Crippen LogP contribution is 2.27.